The van der Waals surface area contributed by atoms with Crippen molar-refractivity contribution in [2.45, 2.75) is 30.8 Å². The molecule has 144 valence electrons. The molecule has 0 aliphatic carbocycles. The molecule has 0 spiro atoms. The minimum absolute atomic E-state index is 0.267. The van der Waals surface area contributed by atoms with Crippen LogP contribution in [0.5, 0.6) is 0 Å². The zero-order valence-electron chi connectivity index (χ0n) is 13.9. The molecule has 7 nitrogen and oxygen atoms in total. The number of nitrogens with zero attached hydrogens (tertiary/aromatic N) is 2. The van der Waals surface area contributed by atoms with E-state index < -0.39 is 27.9 Å². The van der Waals surface area contributed by atoms with Crippen LogP contribution in [0.3, 0.4) is 0 Å². The van der Waals surface area contributed by atoms with Gasteiger partial charge in [-0.25, -0.2) is 9.63 Å². The van der Waals surface area contributed by atoms with Crippen LogP contribution in [-0.4, -0.2) is 44.8 Å². The summed E-state index contributed by atoms with van der Waals surface area (Å²) in [5.74, 6) is 0. The number of piperidine rings is 1. The van der Waals surface area contributed by atoms with Crippen LogP contribution in [0, 0.1) is 0 Å². The smallest absolute Gasteiger partial charge is 0.416 e. The highest BCUT2D eigenvalue weighted by Crippen LogP contribution is 2.29. The van der Waals surface area contributed by atoms with Gasteiger partial charge in [0, 0.05) is 31.6 Å². The normalized spacial score (nSPS) is 15.5. The van der Waals surface area contributed by atoms with Crippen LogP contribution in [0.1, 0.15) is 25.3 Å². The molecule has 1 saturated heterocycles. The van der Waals surface area contributed by atoms with Gasteiger partial charge in [-0.05, 0) is 31.2 Å². The minimum atomic E-state index is -4.54. The second-order valence-electron chi connectivity index (χ2n) is 5.48. The van der Waals surface area contributed by atoms with E-state index >= 15 is 0 Å². The van der Waals surface area contributed by atoms with Crippen molar-refractivity contribution < 1.29 is 31.1 Å². The molecule has 1 aliphatic rings. The molecule has 0 unspecified atom stereocenters. The first-order valence-electron chi connectivity index (χ1n) is 7.79. The molecule has 1 aromatic carbocycles. The Morgan fingerprint density at radius 1 is 1.23 bits per heavy atom. The van der Waals surface area contributed by atoms with E-state index in [1.165, 1.54) is 4.90 Å². The fourth-order valence-electron chi connectivity index (χ4n) is 2.27. The maximum Gasteiger partial charge on any atom is 0.416 e. The molecule has 11 heteroatoms. The van der Waals surface area contributed by atoms with Gasteiger partial charge in [-0.2, -0.15) is 26.7 Å². The van der Waals surface area contributed by atoms with Gasteiger partial charge in [0.2, 0.25) is 0 Å². The SMILES string of the molecule is CCOC(=O)N1CCC(=NNS(=O)(=O)c2ccc(C(F)(F)F)cc2)CC1. The first-order chi connectivity index (χ1) is 12.1. The van der Waals surface area contributed by atoms with E-state index in [0.29, 0.717) is 43.8 Å². The molecule has 2 rings (SSSR count). The van der Waals surface area contributed by atoms with Crippen LogP contribution in [0.25, 0.3) is 0 Å². The Hall–Kier alpha value is -2.30. The molecule has 1 N–H and O–H groups in total. The summed E-state index contributed by atoms with van der Waals surface area (Å²) in [6.45, 7) is 2.66. The Morgan fingerprint density at radius 2 is 1.81 bits per heavy atom. The standard InChI is InChI=1S/C15H18F3N3O4S/c1-2-25-14(22)21-9-7-12(8-10-21)19-20-26(23,24)13-5-3-11(4-6-13)15(16,17)18/h3-6,20H,2,7-10H2,1H3. The molecule has 0 bridgehead atoms. The van der Waals surface area contributed by atoms with E-state index in [1.807, 2.05) is 4.83 Å². The summed E-state index contributed by atoms with van der Waals surface area (Å²) in [6.07, 6.45) is -4.23. The number of hydrogen-bond acceptors (Lipinski definition) is 5. The van der Waals surface area contributed by atoms with Crippen molar-refractivity contribution >= 4 is 21.8 Å². The van der Waals surface area contributed by atoms with Crippen LogP contribution in [0.15, 0.2) is 34.3 Å². The van der Waals surface area contributed by atoms with Crippen LogP contribution in [0.4, 0.5) is 18.0 Å². The summed E-state index contributed by atoms with van der Waals surface area (Å²) in [5.41, 5.74) is -0.393. The van der Waals surface area contributed by atoms with Gasteiger partial charge in [-0.1, -0.05) is 0 Å². The van der Waals surface area contributed by atoms with Crippen LogP contribution in [-0.2, 0) is 20.9 Å². The van der Waals surface area contributed by atoms with Gasteiger partial charge in [0.25, 0.3) is 10.0 Å². The lowest BCUT2D eigenvalue weighted by Crippen LogP contribution is -2.39. The van der Waals surface area contributed by atoms with E-state index in [9.17, 15) is 26.4 Å². The molecule has 0 radical (unpaired) electrons. The molecule has 1 aromatic rings. The minimum Gasteiger partial charge on any atom is -0.450 e. The molecule has 1 amide bonds. The predicted molar refractivity (Wildman–Crippen MR) is 87.0 cm³/mol. The number of halogens is 3. The third kappa shape index (κ3) is 5.10. The van der Waals surface area contributed by atoms with Gasteiger partial charge >= 0.3 is 12.3 Å². The Balaban J connectivity index is 1.98. The van der Waals surface area contributed by atoms with Crippen molar-refractivity contribution in [1.82, 2.24) is 9.73 Å². The number of likely N-dealkylation sites (tertiary alicyclic amines) is 1. The van der Waals surface area contributed by atoms with E-state index in [1.54, 1.807) is 6.92 Å². The van der Waals surface area contributed by atoms with Gasteiger partial charge in [0.05, 0.1) is 17.1 Å². The van der Waals surface area contributed by atoms with Crippen LogP contribution < -0.4 is 4.83 Å². The molecule has 26 heavy (non-hydrogen) atoms. The summed E-state index contributed by atoms with van der Waals surface area (Å²) < 4.78 is 66.7. The Labute approximate surface area is 148 Å². The molecule has 1 aliphatic heterocycles. The summed E-state index contributed by atoms with van der Waals surface area (Å²) >= 11 is 0. The van der Waals surface area contributed by atoms with E-state index in [4.69, 9.17) is 4.74 Å². The summed E-state index contributed by atoms with van der Waals surface area (Å²) in [5, 5.41) is 3.82. The number of ether oxygens (including phenoxy) is 1. The van der Waals surface area contributed by atoms with E-state index in [0.717, 1.165) is 12.1 Å². The summed E-state index contributed by atoms with van der Waals surface area (Å²) in [6, 6.07) is 3.13. The highest BCUT2D eigenvalue weighted by molar-refractivity contribution is 7.89. The number of carbonyl (C=O) groups excluding carboxylic acids is 1. The van der Waals surface area contributed by atoms with Gasteiger partial charge in [-0.3, -0.25) is 0 Å². The molecule has 1 heterocycles. The number of sulfonamides is 1. The highest BCUT2D eigenvalue weighted by atomic mass is 32.2. The van der Waals surface area contributed by atoms with E-state index in [-0.39, 0.29) is 11.5 Å². The topological polar surface area (TPSA) is 88.1 Å². The zero-order valence-corrected chi connectivity index (χ0v) is 14.7. The van der Waals surface area contributed by atoms with Crippen LogP contribution in [0.2, 0.25) is 0 Å². The fourth-order valence-corrected chi connectivity index (χ4v) is 3.12. The molecule has 0 aromatic heterocycles. The second kappa shape index (κ2) is 7.94. The Bertz CT molecular complexity index is 766. The lowest BCUT2D eigenvalue weighted by molar-refractivity contribution is -0.137. The van der Waals surface area contributed by atoms with Gasteiger partial charge < -0.3 is 9.64 Å². The van der Waals surface area contributed by atoms with Crippen molar-refractivity contribution in [2.24, 2.45) is 5.10 Å². The van der Waals surface area contributed by atoms with Crippen molar-refractivity contribution in [3.05, 3.63) is 29.8 Å². The number of hydrogen-bond donors (Lipinski definition) is 1. The molecule has 0 atom stereocenters. The Morgan fingerprint density at radius 3 is 2.31 bits per heavy atom. The second-order valence-corrected chi connectivity index (χ2v) is 7.14. The number of nitrogens with one attached hydrogen (secondary N) is 1. The van der Waals surface area contributed by atoms with Crippen LogP contribution >= 0.6 is 0 Å². The summed E-state index contributed by atoms with van der Waals surface area (Å²) in [4.78, 5) is 14.8. The molecular weight excluding hydrogens is 375 g/mol. The first-order valence-corrected chi connectivity index (χ1v) is 9.28. The average Bonchev–Trinajstić information content (AvgIpc) is 2.60. The van der Waals surface area contributed by atoms with Gasteiger partial charge in [0.1, 0.15) is 0 Å². The number of alkyl halides is 3. The number of amides is 1. The van der Waals surface area contributed by atoms with Crippen molar-refractivity contribution in [3.8, 4) is 0 Å². The number of hydrazone groups is 1. The molecular formula is C15H18F3N3O4S. The highest BCUT2D eigenvalue weighted by Gasteiger charge is 2.30. The third-order valence-electron chi connectivity index (χ3n) is 3.68. The monoisotopic (exact) mass is 393 g/mol. The number of carbonyl (C=O) groups is 1. The zero-order chi connectivity index (χ0) is 19.4. The third-order valence-corrected chi connectivity index (χ3v) is 4.91. The van der Waals surface area contributed by atoms with Gasteiger partial charge in [0.15, 0.2) is 0 Å². The largest absolute Gasteiger partial charge is 0.450 e. The van der Waals surface area contributed by atoms with Crippen molar-refractivity contribution in [1.29, 1.82) is 0 Å². The lowest BCUT2D eigenvalue weighted by atomic mass is 10.1. The quantitative estimate of drug-likeness (QED) is 0.797. The first kappa shape index (κ1) is 20.0. The maximum absolute atomic E-state index is 12.5. The van der Waals surface area contributed by atoms with Crippen molar-refractivity contribution in [2.75, 3.05) is 19.7 Å². The van der Waals surface area contributed by atoms with Crippen molar-refractivity contribution in [3.63, 3.8) is 0 Å². The molecule has 0 saturated carbocycles. The number of benzene rings is 1. The summed E-state index contributed by atoms with van der Waals surface area (Å²) in [7, 11) is -4.07. The Kier molecular flexibility index (Phi) is 6.11. The predicted octanol–water partition coefficient (Wildman–Crippen LogP) is 2.59. The van der Waals surface area contributed by atoms with Gasteiger partial charge in [-0.15, -0.1) is 0 Å². The van der Waals surface area contributed by atoms with E-state index in [2.05, 4.69) is 5.10 Å². The molecule has 1 fully saturated rings. The maximum atomic E-state index is 12.5. The fraction of sp³-hybridized carbons (Fsp3) is 0.467. The number of rotatable bonds is 4. The lowest BCUT2D eigenvalue weighted by Gasteiger charge is -2.26. The average molecular weight is 393 g/mol.